The molecule has 1 atom stereocenters. The van der Waals surface area contributed by atoms with E-state index in [4.69, 9.17) is 9.47 Å². The Kier molecular flexibility index (Phi) is 12.2. The van der Waals surface area contributed by atoms with Crippen molar-refractivity contribution in [1.82, 2.24) is 0 Å². The summed E-state index contributed by atoms with van der Waals surface area (Å²) in [7, 11) is 0. The van der Waals surface area contributed by atoms with E-state index in [9.17, 15) is 9.59 Å². The first-order valence-corrected chi connectivity index (χ1v) is 10.6. The lowest BCUT2D eigenvalue weighted by Crippen LogP contribution is -2.21. The minimum absolute atomic E-state index is 0.0967. The summed E-state index contributed by atoms with van der Waals surface area (Å²) in [6.45, 7) is 6.22. The van der Waals surface area contributed by atoms with Crippen LogP contribution in [-0.4, -0.2) is 11.9 Å². The molecule has 0 amide bonds. The number of carbonyl (C=O) groups excluding carboxylic acids is 2. The summed E-state index contributed by atoms with van der Waals surface area (Å²) in [6.07, 6.45) is 10.9. The zero-order chi connectivity index (χ0) is 19.9. The molecule has 0 spiro atoms. The van der Waals surface area contributed by atoms with E-state index in [-0.39, 0.29) is 17.9 Å². The molecule has 4 nitrogen and oxygen atoms in total. The van der Waals surface area contributed by atoms with Crippen molar-refractivity contribution in [3.63, 3.8) is 0 Å². The summed E-state index contributed by atoms with van der Waals surface area (Å²) < 4.78 is 11.0. The van der Waals surface area contributed by atoms with Crippen LogP contribution < -0.4 is 9.47 Å². The van der Waals surface area contributed by atoms with Crippen LogP contribution in [0.1, 0.15) is 91.4 Å². The Labute approximate surface area is 164 Å². The maximum atomic E-state index is 12.7. The molecule has 1 unspecified atom stereocenters. The number of esters is 2. The van der Waals surface area contributed by atoms with E-state index in [1.165, 1.54) is 32.1 Å². The van der Waals surface area contributed by atoms with E-state index in [0.717, 1.165) is 32.1 Å². The molecule has 0 saturated heterocycles. The van der Waals surface area contributed by atoms with Gasteiger partial charge < -0.3 is 9.47 Å². The van der Waals surface area contributed by atoms with Crippen LogP contribution in [0, 0.1) is 5.92 Å². The van der Waals surface area contributed by atoms with Gasteiger partial charge in [-0.1, -0.05) is 77.8 Å². The number of unbranched alkanes of at least 4 members (excludes halogenated alkanes) is 5. The summed E-state index contributed by atoms with van der Waals surface area (Å²) >= 11 is 0. The highest BCUT2D eigenvalue weighted by atomic mass is 16.6. The highest BCUT2D eigenvalue weighted by molar-refractivity contribution is 5.77. The van der Waals surface area contributed by atoms with Gasteiger partial charge in [-0.05, 0) is 31.4 Å². The Morgan fingerprint density at radius 2 is 1.41 bits per heavy atom. The number of hydrogen-bond donors (Lipinski definition) is 0. The largest absolute Gasteiger partial charge is 0.423 e. The topological polar surface area (TPSA) is 52.6 Å². The summed E-state index contributed by atoms with van der Waals surface area (Å²) in [5.41, 5.74) is 0. The molecule has 1 aromatic rings. The fourth-order valence-electron chi connectivity index (χ4n) is 3.09. The predicted octanol–water partition coefficient (Wildman–Crippen LogP) is 6.46. The fourth-order valence-corrected chi connectivity index (χ4v) is 3.09. The van der Waals surface area contributed by atoms with Crippen molar-refractivity contribution in [3.8, 4) is 11.5 Å². The Hall–Kier alpha value is -1.84. The van der Waals surface area contributed by atoms with Crippen LogP contribution in [0.15, 0.2) is 24.3 Å². The first kappa shape index (κ1) is 23.2. The molecule has 27 heavy (non-hydrogen) atoms. The lowest BCUT2D eigenvalue weighted by atomic mass is 9.96. The third kappa shape index (κ3) is 9.60. The van der Waals surface area contributed by atoms with Crippen LogP contribution >= 0.6 is 0 Å². The zero-order valence-corrected chi connectivity index (χ0v) is 17.3. The van der Waals surface area contributed by atoms with Crippen molar-refractivity contribution < 1.29 is 19.1 Å². The molecular formula is C23H36O4. The Morgan fingerprint density at radius 3 is 2.04 bits per heavy atom. The molecule has 1 rings (SSSR count). The van der Waals surface area contributed by atoms with Gasteiger partial charge in [-0.3, -0.25) is 9.59 Å². The van der Waals surface area contributed by atoms with Gasteiger partial charge in [-0.15, -0.1) is 0 Å². The minimum Gasteiger partial charge on any atom is -0.423 e. The Morgan fingerprint density at radius 1 is 0.778 bits per heavy atom. The van der Waals surface area contributed by atoms with E-state index in [1.54, 1.807) is 24.3 Å². The normalized spacial score (nSPS) is 11.8. The number of carbonyl (C=O) groups is 2. The summed E-state index contributed by atoms with van der Waals surface area (Å²) in [4.78, 5) is 24.4. The number of rotatable bonds is 14. The van der Waals surface area contributed by atoms with Crippen molar-refractivity contribution in [2.45, 2.75) is 91.4 Å². The molecule has 4 heteroatoms. The maximum Gasteiger partial charge on any atom is 0.314 e. The van der Waals surface area contributed by atoms with Crippen LogP contribution in [0.2, 0.25) is 0 Å². The fraction of sp³-hybridized carbons (Fsp3) is 0.652. The Balaban J connectivity index is 2.60. The third-order valence-electron chi connectivity index (χ3n) is 4.61. The minimum atomic E-state index is -0.307. The second kappa shape index (κ2) is 14.2. The molecule has 0 N–H and O–H groups in total. The SMILES string of the molecule is CCCCCCCCC(CCC)C(=O)Oc1ccccc1OC(=O)CCC. The molecule has 0 saturated carbocycles. The van der Waals surface area contributed by atoms with Gasteiger partial charge in [0.1, 0.15) is 0 Å². The van der Waals surface area contributed by atoms with Gasteiger partial charge in [0.15, 0.2) is 11.5 Å². The number of ether oxygens (including phenoxy) is 2. The van der Waals surface area contributed by atoms with Gasteiger partial charge in [0, 0.05) is 6.42 Å². The van der Waals surface area contributed by atoms with E-state index in [0.29, 0.717) is 17.9 Å². The second-order valence-corrected chi connectivity index (χ2v) is 7.13. The van der Waals surface area contributed by atoms with Crippen molar-refractivity contribution >= 4 is 11.9 Å². The second-order valence-electron chi connectivity index (χ2n) is 7.13. The number of hydrogen-bond acceptors (Lipinski definition) is 4. The lowest BCUT2D eigenvalue weighted by Gasteiger charge is -2.16. The van der Waals surface area contributed by atoms with E-state index >= 15 is 0 Å². The molecular weight excluding hydrogens is 340 g/mol. The third-order valence-corrected chi connectivity index (χ3v) is 4.61. The molecule has 1 aromatic carbocycles. The van der Waals surface area contributed by atoms with Gasteiger partial charge >= 0.3 is 11.9 Å². The van der Waals surface area contributed by atoms with Crippen LogP contribution in [0.4, 0.5) is 0 Å². The smallest absolute Gasteiger partial charge is 0.314 e. The van der Waals surface area contributed by atoms with Crippen molar-refractivity contribution in [2.24, 2.45) is 5.92 Å². The van der Waals surface area contributed by atoms with E-state index < -0.39 is 0 Å². The van der Waals surface area contributed by atoms with Gasteiger partial charge in [-0.25, -0.2) is 0 Å². The average molecular weight is 377 g/mol. The van der Waals surface area contributed by atoms with Crippen LogP contribution in [0.5, 0.6) is 11.5 Å². The molecule has 0 aliphatic rings. The number of benzene rings is 1. The zero-order valence-electron chi connectivity index (χ0n) is 17.3. The van der Waals surface area contributed by atoms with Crippen molar-refractivity contribution in [1.29, 1.82) is 0 Å². The molecule has 0 aromatic heterocycles. The molecule has 0 bridgehead atoms. The molecule has 152 valence electrons. The first-order chi connectivity index (χ1) is 13.1. The highest BCUT2D eigenvalue weighted by Crippen LogP contribution is 2.29. The van der Waals surface area contributed by atoms with Gasteiger partial charge in [-0.2, -0.15) is 0 Å². The summed E-state index contributed by atoms with van der Waals surface area (Å²) in [6, 6.07) is 6.90. The average Bonchev–Trinajstić information content (AvgIpc) is 2.65. The van der Waals surface area contributed by atoms with Gasteiger partial charge in [0.05, 0.1) is 5.92 Å². The van der Waals surface area contributed by atoms with E-state index in [1.807, 2.05) is 6.92 Å². The number of para-hydroxylation sites is 2. The van der Waals surface area contributed by atoms with Crippen molar-refractivity contribution in [2.75, 3.05) is 0 Å². The van der Waals surface area contributed by atoms with E-state index in [2.05, 4.69) is 13.8 Å². The first-order valence-electron chi connectivity index (χ1n) is 10.6. The predicted molar refractivity (Wildman–Crippen MR) is 109 cm³/mol. The molecule has 0 fully saturated rings. The summed E-state index contributed by atoms with van der Waals surface area (Å²) in [5.74, 6) is 0.0262. The lowest BCUT2D eigenvalue weighted by molar-refractivity contribution is -0.140. The van der Waals surface area contributed by atoms with Crippen LogP contribution in [-0.2, 0) is 9.59 Å². The molecule has 0 radical (unpaired) electrons. The standard InChI is InChI=1S/C23H36O4/c1-4-7-8-9-10-11-16-19(14-5-2)23(25)27-21-18-13-12-17-20(21)26-22(24)15-6-3/h12-13,17-19H,4-11,14-16H2,1-3H3. The van der Waals surface area contributed by atoms with Crippen molar-refractivity contribution in [3.05, 3.63) is 24.3 Å². The van der Waals surface area contributed by atoms with Crippen LogP contribution in [0.3, 0.4) is 0 Å². The van der Waals surface area contributed by atoms with Gasteiger partial charge in [0.25, 0.3) is 0 Å². The molecule has 0 aliphatic carbocycles. The highest BCUT2D eigenvalue weighted by Gasteiger charge is 2.21. The van der Waals surface area contributed by atoms with Crippen LogP contribution in [0.25, 0.3) is 0 Å². The van der Waals surface area contributed by atoms with Gasteiger partial charge in [0.2, 0.25) is 0 Å². The maximum absolute atomic E-state index is 12.7. The molecule has 0 aliphatic heterocycles. The molecule has 0 heterocycles. The quantitative estimate of drug-likeness (QED) is 0.212. The monoisotopic (exact) mass is 376 g/mol. The summed E-state index contributed by atoms with van der Waals surface area (Å²) in [5, 5.41) is 0. The Bertz CT molecular complexity index is 553.